The fraction of sp³-hybridized carbons (Fsp3) is 0.300. The smallest absolute Gasteiger partial charge is 0.362 e. The van der Waals surface area contributed by atoms with Gasteiger partial charge >= 0.3 is 6.18 Å². The summed E-state index contributed by atoms with van der Waals surface area (Å²) in [4.78, 5) is 48.1. The number of halogens is 3. The number of hydrogen-bond donors (Lipinski definition) is 1. The van der Waals surface area contributed by atoms with E-state index in [1.54, 1.807) is 0 Å². The van der Waals surface area contributed by atoms with Crippen molar-refractivity contribution >= 4 is 28.9 Å². The monoisotopic (exact) mass is 481 g/mol. The van der Waals surface area contributed by atoms with Gasteiger partial charge in [-0.1, -0.05) is 6.07 Å². The summed E-state index contributed by atoms with van der Waals surface area (Å²) in [5, 5.41) is 24.5. The Bertz CT molecular complexity index is 1130. The van der Waals surface area contributed by atoms with Gasteiger partial charge in [-0.25, -0.2) is 0 Å². The van der Waals surface area contributed by atoms with E-state index in [1.807, 2.05) is 0 Å². The molecule has 0 saturated carbocycles. The molecule has 0 radical (unpaired) electrons. The average molecular weight is 481 g/mol. The number of carbonyl (C=O) groups excluding carboxylic acids is 2. The first kappa shape index (κ1) is 24.4. The van der Waals surface area contributed by atoms with Crippen LogP contribution in [-0.4, -0.2) is 59.3 Å². The number of carbonyl (C=O) groups is 2. The second kappa shape index (κ2) is 9.72. The molecule has 0 unspecified atom stereocenters. The van der Waals surface area contributed by atoms with Crippen molar-refractivity contribution in [1.82, 2.24) is 10.2 Å². The van der Waals surface area contributed by atoms with Crippen LogP contribution in [0.25, 0.3) is 0 Å². The number of piperazine rings is 1. The number of nitrogens with zero attached hydrogens (tertiary/aromatic N) is 4. The van der Waals surface area contributed by atoms with Crippen molar-refractivity contribution in [2.45, 2.75) is 6.18 Å². The van der Waals surface area contributed by atoms with E-state index in [4.69, 9.17) is 0 Å². The van der Waals surface area contributed by atoms with Crippen molar-refractivity contribution < 1.29 is 32.6 Å². The van der Waals surface area contributed by atoms with Crippen LogP contribution < -0.4 is 10.2 Å². The lowest BCUT2D eigenvalue weighted by atomic mass is 10.1. The van der Waals surface area contributed by atoms with Gasteiger partial charge in [-0.05, 0) is 18.2 Å². The SMILES string of the molecule is O=C(NCC(=O)N1CCN(c2ccc(C(F)(F)F)cc2[N+](=O)[O-])CC1)c1cccc([N+](=O)[O-])c1. The van der Waals surface area contributed by atoms with Crippen LogP contribution in [0.4, 0.5) is 30.2 Å². The molecule has 0 aliphatic carbocycles. The van der Waals surface area contributed by atoms with E-state index in [0.717, 1.165) is 18.2 Å². The predicted octanol–water partition coefficient (Wildman–Crippen LogP) is 2.60. The van der Waals surface area contributed by atoms with Crippen molar-refractivity contribution in [3.63, 3.8) is 0 Å². The van der Waals surface area contributed by atoms with Crippen molar-refractivity contribution in [2.24, 2.45) is 0 Å². The van der Waals surface area contributed by atoms with E-state index >= 15 is 0 Å². The van der Waals surface area contributed by atoms with Gasteiger partial charge in [-0.2, -0.15) is 13.2 Å². The number of rotatable bonds is 6. The minimum atomic E-state index is -4.72. The molecule has 2 amide bonds. The molecule has 3 rings (SSSR count). The Balaban J connectivity index is 1.59. The summed E-state index contributed by atoms with van der Waals surface area (Å²) in [6.45, 7) is 0.156. The van der Waals surface area contributed by atoms with Crippen LogP contribution in [0.2, 0.25) is 0 Å². The van der Waals surface area contributed by atoms with Crippen molar-refractivity contribution in [3.05, 3.63) is 73.8 Å². The van der Waals surface area contributed by atoms with E-state index in [0.29, 0.717) is 6.07 Å². The molecule has 0 atom stereocenters. The van der Waals surface area contributed by atoms with E-state index in [2.05, 4.69) is 5.32 Å². The molecule has 0 aromatic heterocycles. The highest BCUT2D eigenvalue weighted by Crippen LogP contribution is 2.36. The first-order chi connectivity index (χ1) is 16.0. The highest BCUT2D eigenvalue weighted by molar-refractivity contribution is 5.97. The summed E-state index contributed by atoms with van der Waals surface area (Å²) in [6.07, 6.45) is -4.72. The van der Waals surface area contributed by atoms with Gasteiger partial charge in [-0.3, -0.25) is 29.8 Å². The molecule has 1 N–H and O–H groups in total. The zero-order valence-corrected chi connectivity index (χ0v) is 17.4. The summed E-state index contributed by atoms with van der Waals surface area (Å²) in [5.74, 6) is -1.11. The Hall–Kier alpha value is -4.23. The Morgan fingerprint density at radius 3 is 2.24 bits per heavy atom. The van der Waals surface area contributed by atoms with Crippen molar-refractivity contribution in [2.75, 3.05) is 37.6 Å². The quantitative estimate of drug-likeness (QED) is 0.494. The number of nitrogens with one attached hydrogen (secondary N) is 1. The molecule has 1 aliphatic heterocycles. The number of non-ortho nitro benzene ring substituents is 1. The molecule has 2 aromatic rings. The molecule has 1 aliphatic rings. The minimum Gasteiger partial charge on any atom is -0.362 e. The summed E-state index contributed by atoms with van der Waals surface area (Å²) < 4.78 is 38.7. The van der Waals surface area contributed by atoms with Crippen LogP contribution >= 0.6 is 0 Å². The van der Waals surface area contributed by atoms with Gasteiger partial charge in [0.25, 0.3) is 17.3 Å². The van der Waals surface area contributed by atoms with Gasteiger partial charge in [0.1, 0.15) is 5.69 Å². The van der Waals surface area contributed by atoms with E-state index in [-0.39, 0.29) is 49.7 Å². The van der Waals surface area contributed by atoms with Crippen LogP contribution in [0, 0.1) is 20.2 Å². The van der Waals surface area contributed by atoms with Crippen LogP contribution in [-0.2, 0) is 11.0 Å². The minimum absolute atomic E-state index is 0.0152. The Kier molecular flexibility index (Phi) is 6.98. The lowest BCUT2D eigenvalue weighted by molar-refractivity contribution is -0.384. The molecule has 1 saturated heterocycles. The molecule has 11 nitrogen and oxygen atoms in total. The Morgan fingerprint density at radius 2 is 1.65 bits per heavy atom. The van der Waals surface area contributed by atoms with E-state index < -0.39 is 39.1 Å². The third kappa shape index (κ3) is 5.57. The number of hydrogen-bond acceptors (Lipinski definition) is 7. The van der Waals surface area contributed by atoms with Gasteiger partial charge in [0, 0.05) is 49.9 Å². The normalized spacial score (nSPS) is 14.0. The summed E-state index contributed by atoms with van der Waals surface area (Å²) in [7, 11) is 0. The lowest BCUT2D eigenvalue weighted by Crippen LogP contribution is -2.51. The second-order valence-corrected chi connectivity index (χ2v) is 7.32. The Morgan fingerprint density at radius 1 is 0.971 bits per heavy atom. The first-order valence-electron chi connectivity index (χ1n) is 9.88. The summed E-state index contributed by atoms with van der Waals surface area (Å²) in [5.41, 5.74) is -2.05. The highest BCUT2D eigenvalue weighted by atomic mass is 19.4. The predicted molar refractivity (Wildman–Crippen MR) is 112 cm³/mol. The van der Waals surface area contributed by atoms with Crippen molar-refractivity contribution in [3.8, 4) is 0 Å². The van der Waals surface area contributed by atoms with Crippen LogP contribution in [0.15, 0.2) is 42.5 Å². The fourth-order valence-electron chi connectivity index (χ4n) is 3.44. The van der Waals surface area contributed by atoms with Crippen molar-refractivity contribution in [1.29, 1.82) is 0 Å². The molecular weight excluding hydrogens is 463 g/mol. The number of benzene rings is 2. The van der Waals surface area contributed by atoms with Crippen LogP contribution in [0.5, 0.6) is 0 Å². The van der Waals surface area contributed by atoms with Gasteiger partial charge in [-0.15, -0.1) is 0 Å². The fourth-order valence-corrected chi connectivity index (χ4v) is 3.44. The second-order valence-electron chi connectivity index (χ2n) is 7.32. The van der Waals surface area contributed by atoms with E-state index in [1.165, 1.54) is 28.0 Å². The number of nitro groups is 2. The van der Waals surface area contributed by atoms with Crippen LogP contribution in [0.1, 0.15) is 15.9 Å². The maximum absolute atomic E-state index is 12.9. The first-order valence-corrected chi connectivity index (χ1v) is 9.88. The standard InChI is InChI=1S/C20H18F3N5O6/c21-20(22,23)14-4-5-16(17(11-14)28(33)34)25-6-8-26(9-7-25)18(29)12-24-19(30)13-2-1-3-15(10-13)27(31)32/h1-5,10-11H,6-9,12H2,(H,24,30). The molecule has 34 heavy (non-hydrogen) atoms. The third-order valence-electron chi connectivity index (χ3n) is 5.19. The maximum Gasteiger partial charge on any atom is 0.416 e. The maximum atomic E-state index is 12.9. The molecular formula is C20H18F3N5O6. The average Bonchev–Trinajstić information content (AvgIpc) is 2.81. The topological polar surface area (TPSA) is 139 Å². The Labute approximate surface area is 190 Å². The molecule has 0 bridgehead atoms. The lowest BCUT2D eigenvalue weighted by Gasteiger charge is -2.36. The zero-order chi connectivity index (χ0) is 25.0. The zero-order valence-electron chi connectivity index (χ0n) is 17.4. The molecule has 180 valence electrons. The summed E-state index contributed by atoms with van der Waals surface area (Å²) in [6, 6.07) is 7.30. The number of amides is 2. The van der Waals surface area contributed by atoms with E-state index in [9.17, 15) is 43.0 Å². The third-order valence-corrected chi connectivity index (χ3v) is 5.19. The van der Waals surface area contributed by atoms with Gasteiger partial charge in [0.2, 0.25) is 5.91 Å². The highest BCUT2D eigenvalue weighted by Gasteiger charge is 2.34. The summed E-state index contributed by atoms with van der Waals surface area (Å²) >= 11 is 0. The largest absolute Gasteiger partial charge is 0.416 e. The van der Waals surface area contributed by atoms with Crippen LogP contribution in [0.3, 0.4) is 0 Å². The van der Waals surface area contributed by atoms with Gasteiger partial charge in [0.15, 0.2) is 0 Å². The molecule has 1 heterocycles. The molecule has 0 spiro atoms. The molecule has 1 fully saturated rings. The number of alkyl halides is 3. The molecule has 2 aromatic carbocycles. The number of anilines is 1. The van der Waals surface area contributed by atoms with Gasteiger partial charge < -0.3 is 15.1 Å². The number of nitro benzene ring substituents is 2. The molecule has 14 heteroatoms. The van der Waals surface area contributed by atoms with Gasteiger partial charge in [0.05, 0.1) is 22.0 Å².